The normalized spacial score (nSPS) is 29.1. The Hall–Kier alpha value is -2.25. The molecule has 0 bridgehead atoms. The van der Waals surface area contributed by atoms with Gasteiger partial charge in [-0.05, 0) is 63.0 Å². The molecule has 7 nitrogen and oxygen atoms in total. The molecular weight excluding hydrogens is 392 g/mol. The summed E-state index contributed by atoms with van der Waals surface area (Å²) in [6.07, 6.45) is 6.33. The van der Waals surface area contributed by atoms with Crippen molar-refractivity contribution in [2.75, 3.05) is 13.7 Å². The SMILES string of the molecule is COC1CCC(C(=O)NC2CCC(C)C(c3cc4cnc(C)cc4n(C)c3=O)C2)CN1. The molecular formula is C24H34N4O3. The zero-order valence-corrected chi connectivity index (χ0v) is 19.0. The standard InChI is InChI=1S/C24H34N4O3/c1-14-5-7-18(27-23(29)16-6-8-22(31-4)26-12-16)11-19(14)20-10-17-13-25-15(2)9-21(17)28(3)24(20)30/h9-10,13-14,16,18-19,22,26H,5-8,11-12H2,1-4H3,(H,27,29). The van der Waals surface area contributed by atoms with E-state index in [0.717, 1.165) is 54.3 Å². The van der Waals surface area contributed by atoms with Crippen molar-refractivity contribution in [1.82, 2.24) is 20.2 Å². The van der Waals surface area contributed by atoms with Crippen molar-refractivity contribution in [3.05, 3.63) is 39.9 Å². The number of hydrogen-bond donors (Lipinski definition) is 2. The summed E-state index contributed by atoms with van der Waals surface area (Å²) in [6.45, 7) is 4.80. The second-order valence-corrected chi connectivity index (χ2v) is 9.36. The number of piperidine rings is 1. The maximum atomic E-state index is 13.2. The van der Waals surface area contributed by atoms with E-state index in [2.05, 4.69) is 22.5 Å². The van der Waals surface area contributed by atoms with Gasteiger partial charge in [0.25, 0.3) is 5.56 Å². The third-order valence-corrected chi connectivity index (χ3v) is 7.24. The van der Waals surface area contributed by atoms with Crippen LogP contribution >= 0.6 is 0 Å². The van der Waals surface area contributed by atoms with Crippen molar-refractivity contribution in [2.45, 2.75) is 64.1 Å². The van der Waals surface area contributed by atoms with Gasteiger partial charge in [0.2, 0.25) is 5.91 Å². The summed E-state index contributed by atoms with van der Waals surface area (Å²) in [6, 6.07) is 4.08. The van der Waals surface area contributed by atoms with Crippen molar-refractivity contribution in [2.24, 2.45) is 18.9 Å². The second kappa shape index (κ2) is 9.09. The van der Waals surface area contributed by atoms with Crippen molar-refractivity contribution in [3.63, 3.8) is 0 Å². The molecule has 0 aromatic carbocycles. The van der Waals surface area contributed by atoms with Crippen LogP contribution in [0, 0.1) is 18.8 Å². The highest BCUT2D eigenvalue weighted by atomic mass is 16.5. The van der Waals surface area contributed by atoms with Crippen LogP contribution in [0.3, 0.4) is 0 Å². The van der Waals surface area contributed by atoms with Gasteiger partial charge in [0.05, 0.1) is 11.4 Å². The number of amides is 1. The highest BCUT2D eigenvalue weighted by molar-refractivity contribution is 5.80. The molecule has 2 fully saturated rings. The number of carbonyl (C=O) groups is 1. The van der Waals surface area contributed by atoms with Crippen LogP contribution in [-0.2, 0) is 16.6 Å². The van der Waals surface area contributed by atoms with E-state index in [0.29, 0.717) is 12.5 Å². The summed E-state index contributed by atoms with van der Waals surface area (Å²) in [5.41, 5.74) is 2.71. The second-order valence-electron chi connectivity index (χ2n) is 9.36. The van der Waals surface area contributed by atoms with E-state index in [4.69, 9.17) is 4.74 Å². The zero-order chi connectivity index (χ0) is 22.1. The number of pyridine rings is 2. The number of aromatic nitrogens is 2. The number of rotatable bonds is 4. The third-order valence-electron chi connectivity index (χ3n) is 7.24. The van der Waals surface area contributed by atoms with E-state index in [1.807, 2.05) is 32.3 Å². The van der Waals surface area contributed by atoms with Gasteiger partial charge in [0, 0.05) is 49.6 Å². The Kier molecular flexibility index (Phi) is 6.44. The van der Waals surface area contributed by atoms with Crippen molar-refractivity contribution in [1.29, 1.82) is 0 Å². The lowest BCUT2D eigenvalue weighted by atomic mass is 9.74. The fourth-order valence-electron chi connectivity index (χ4n) is 5.22. The molecule has 1 saturated carbocycles. The molecule has 2 aromatic rings. The molecule has 0 spiro atoms. The number of carbonyl (C=O) groups excluding carboxylic acids is 1. The molecule has 1 aliphatic carbocycles. The van der Waals surface area contributed by atoms with Crippen molar-refractivity contribution in [3.8, 4) is 0 Å². The van der Waals surface area contributed by atoms with Crippen LogP contribution in [0.2, 0.25) is 0 Å². The number of nitrogens with zero attached hydrogens (tertiary/aromatic N) is 2. The fourth-order valence-corrected chi connectivity index (χ4v) is 5.22. The van der Waals surface area contributed by atoms with Crippen LogP contribution in [-0.4, -0.2) is 41.4 Å². The quantitative estimate of drug-likeness (QED) is 0.785. The summed E-state index contributed by atoms with van der Waals surface area (Å²) < 4.78 is 7.07. The van der Waals surface area contributed by atoms with Crippen LogP contribution in [0.15, 0.2) is 23.1 Å². The van der Waals surface area contributed by atoms with Gasteiger partial charge >= 0.3 is 0 Å². The molecule has 1 amide bonds. The Bertz CT molecular complexity index is 1010. The van der Waals surface area contributed by atoms with E-state index in [9.17, 15) is 9.59 Å². The van der Waals surface area contributed by atoms with Crippen LogP contribution in [0.25, 0.3) is 10.9 Å². The lowest BCUT2D eigenvalue weighted by Gasteiger charge is -2.36. The average molecular weight is 427 g/mol. The summed E-state index contributed by atoms with van der Waals surface area (Å²) in [4.78, 5) is 30.5. The molecule has 2 aliphatic rings. The van der Waals surface area contributed by atoms with Crippen molar-refractivity contribution < 1.29 is 9.53 Å². The van der Waals surface area contributed by atoms with Crippen LogP contribution in [0.1, 0.15) is 56.2 Å². The first kappa shape index (κ1) is 22.0. The molecule has 5 atom stereocenters. The van der Waals surface area contributed by atoms with E-state index >= 15 is 0 Å². The van der Waals surface area contributed by atoms with Crippen molar-refractivity contribution >= 4 is 16.8 Å². The van der Waals surface area contributed by atoms with Gasteiger partial charge in [-0.1, -0.05) is 6.92 Å². The third kappa shape index (κ3) is 4.53. The molecule has 1 saturated heterocycles. The van der Waals surface area contributed by atoms with E-state index in [1.165, 1.54) is 0 Å². The minimum absolute atomic E-state index is 0.0212. The van der Waals surface area contributed by atoms with Crippen LogP contribution < -0.4 is 16.2 Å². The highest BCUT2D eigenvalue weighted by Crippen LogP contribution is 2.37. The first-order valence-corrected chi connectivity index (χ1v) is 11.4. The number of methoxy groups -OCH3 is 1. The molecule has 0 radical (unpaired) electrons. The first-order valence-electron chi connectivity index (χ1n) is 11.4. The van der Waals surface area contributed by atoms with Gasteiger partial charge in [0.1, 0.15) is 6.23 Å². The minimum atomic E-state index is -0.0212. The first-order chi connectivity index (χ1) is 14.9. The van der Waals surface area contributed by atoms with E-state index in [1.54, 1.807) is 11.7 Å². The Balaban J connectivity index is 1.51. The van der Waals surface area contributed by atoms with E-state index < -0.39 is 0 Å². The lowest BCUT2D eigenvalue weighted by molar-refractivity contribution is -0.127. The monoisotopic (exact) mass is 426 g/mol. The predicted octanol–water partition coefficient (Wildman–Crippen LogP) is 2.60. The topological polar surface area (TPSA) is 85.2 Å². The zero-order valence-electron chi connectivity index (χ0n) is 19.0. The van der Waals surface area contributed by atoms with E-state index in [-0.39, 0.29) is 35.6 Å². The molecule has 5 unspecified atom stereocenters. The Morgan fingerprint density at radius 2 is 2.06 bits per heavy atom. The Morgan fingerprint density at radius 1 is 1.26 bits per heavy atom. The van der Waals surface area contributed by atoms with Gasteiger partial charge in [-0.3, -0.25) is 19.9 Å². The molecule has 1 aliphatic heterocycles. The molecule has 2 N–H and O–H groups in total. The average Bonchev–Trinajstić information content (AvgIpc) is 2.78. The molecule has 4 rings (SSSR count). The largest absolute Gasteiger partial charge is 0.367 e. The van der Waals surface area contributed by atoms with Gasteiger partial charge in [0.15, 0.2) is 0 Å². The summed E-state index contributed by atoms with van der Waals surface area (Å²) in [7, 11) is 3.53. The Labute approximate surface area is 183 Å². The predicted molar refractivity (Wildman–Crippen MR) is 121 cm³/mol. The van der Waals surface area contributed by atoms with Gasteiger partial charge in [-0.15, -0.1) is 0 Å². The number of hydrogen-bond acceptors (Lipinski definition) is 5. The van der Waals surface area contributed by atoms with Crippen LogP contribution in [0.4, 0.5) is 0 Å². The van der Waals surface area contributed by atoms with Crippen LogP contribution in [0.5, 0.6) is 0 Å². The maximum Gasteiger partial charge on any atom is 0.254 e. The summed E-state index contributed by atoms with van der Waals surface area (Å²) in [5, 5.41) is 7.55. The minimum Gasteiger partial charge on any atom is -0.367 e. The molecule has 168 valence electrons. The number of ether oxygens (including phenoxy) is 1. The lowest BCUT2D eigenvalue weighted by Crippen LogP contribution is -2.49. The Morgan fingerprint density at radius 3 is 2.77 bits per heavy atom. The van der Waals surface area contributed by atoms with Gasteiger partial charge < -0.3 is 14.6 Å². The number of aryl methyl sites for hydroxylation is 2. The molecule has 7 heteroatoms. The van der Waals surface area contributed by atoms with Gasteiger partial charge in [-0.25, -0.2) is 0 Å². The molecule has 2 aromatic heterocycles. The smallest absolute Gasteiger partial charge is 0.254 e. The molecule has 3 heterocycles. The molecule has 31 heavy (non-hydrogen) atoms. The summed E-state index contributed by atoms with van der Waals surface area (Å²) >= 11 is 0. The fraction of sp³-hybridized carbons (Fsp3) is 0.625. The van der Waals surface area contributed by atoms with Gasteiger partial charge in [-0.2, -0.15) is 0 Å². The maximum absolute atomic E-state index is 13.2. The number of nitrogens with one attached hydrogen (secondary N) is 2. The number of fused-ring (bicyclic) bond motifs is 1. The summed E-state index contributed by atoms with van der Waals surface area (Å²) in [5.74, 6) is 0.625. The highest BCUT2D eigenvalue weighted by Gasteiger charge is 2.33.